The van der Waals surface area contributed by atoms with E-state index in [1.54, 1.807) is 18.4 Å². The molecule has 5 heteroatoms. The van der Waals surface area contributed by atoms with E-state index in [9.17, 15) is 4.79 Å². The van der Waals surface area contributed by atoms with Gasteiger partial charge in [0.1, 0.15) is 5.75 Å². The number of nitrogens with zero attached hydrogens (tertiary/aromatic N) is 1. The molecule has 0 spiro atoms. The number of hydrogen-bond acceptors (Lipinski definition) is 4. The fraction of sp³-hybridized carbons (Fsp3) is 0.389. The first-order valence-corrected chi connectivity index (χ1v) is 8.68. The number of nitrogens with two attached hydrogens (primary N) is 1. The Labute approximate surface area is 140 Å². The minimum atomic E-state index is 0.133. The number of thiophene rings is 1. The molecule has 4 nitrogen and oxygen atoms in total. The first-order chi connectivity index (χ1) is 11.1. The molecule has 1 aromatic heterocycles. The van der Waals surface area contributed by atoms with E-state index >= 15 is 0 Å². The first kappa shape index (κ1) is 16.0. The van der Waals surface area contributed by atoms with Crippen LogP contribution < -0.4 is 10.5 Å². The normalized spacial score (nSPS) is 17.5. The van der Waals surface area contributed by atoms with Crippen molar-refractivity contribution < 1.29 is 9.53 Å². The number of aryl methyl sites for hydroxylation is 1. The Balaban J connectivity index is 1.81. The number of amides is 1. The molecule has 2 N–H and O–H groups in total. The molecule has 122 valence electrons. The third-order valence-electron chi connectivity index (χ3n) is 4.44. The zero-order valence-corrected chi connectivity index (χ0v) is 14.4. The summed E-state index contributed by atoms with van der Waals surface area (Å²) in [5, 5.41) is 0. The van der Waals surface area contributed by atoms with Gasteiger partial charge >= 0.3 is 0 Å². The van der Waals surface area contributed by atoms with Crippen LogP contribution in [0.4, 0.5) is 0 Å². The summed E-state index contributed by atoms with van der Waals surface area (Å²) in [6.45, 7) is 4.32. The van der Waals surface area contributed by atoms with Crippen molar-refractivity contribution >= 4 is 17.2 Å². The molecule has 1 aliphatic rings. The molecule has 0 unspecified atom stereocenters. The first-order valence-electron chi connectivity index (χ1n) is 7.86. The van der Waals surface area contributed by atoms with Crippen molar-refractivity contribution in [1.82, 2.24) is 4.90 Å². The number of ether oxygens (including phenoxy) is 1. The molecule has 2 aromatic rings. The van der Waals surface area contributed by atoms with Gasteiger partial charge in [0, 0.05) is 18.0 Å². The average Bonchev–Trinajstić information content (AvgIpc) is 3.21. The molecular formula is C18H22N2O2S. The molecule has 1 aliphatic heterocycles. The number of carbonyl (C=O) groups is 1. The van der Waals surface area contributed by atoms with E-state index in [0.29, 0.717) is 12.5 Å². The Kier molecular flexibility index (Phi) is 4.68. The van der Waals surface area contributed by atoms with Crippen LogP contribution in [0, 0.1) is 12.8 Å². The summed E-state index contributed by atoms with van der Waals surface area (Å²) >= 11 is 1.57. The van der Waals surface area contributed by atoms with Crippen LogP contribution in [0.15, 0.2) is 30.3 Å². The molecule has 0 bridgehead atoms. The lowest BCUT2D eigenvalue weighted by Gasteiger charge is -2.14. The Hall–Kier alpha value is -1.85. The van der Waals surface area contributed by atoms with Crippen molar-refractivity contribution in [1.29, 1.82) is 0 Å². The standard InChI is InChI=1S/C18H22N2O2S/c1-12-16(14-3-5-15(22-2)6-4-14)9-17(23-12)18(21)20-8-7-13(10-19)11-20/h3-6,9,13H,7-8,10-11,19H2,1-2H3/t13-/m0/s1. The highest BCUT2D eigenvalue weighted by Crippen LogP contribution is 2.33. The van der Waals surface area contributed by atoms with E-state index < -0.39 is 0 Å². The van der Waals surface area contributed by atoms with Crippen LogP contribution in [0.5, 0.6) is 5.75 Å². The van der Waals surface area contributed by atoms with Gasteiger partial charge in [-0.2, -0.15) is 0 Å². The van der Waals surface area contributed by atoms with Crippen LogP contribution in [-0.2, 0) is 0 Å². The SMILES string of the molecule is COc1ccc(-c2cc(C(=O)N3CC[C@@H](CN)C3)sc2C)cc1. The predicted octanol–water partition coefficient (Wildman–Crippen LogP) is 3.15. The molecule has 0 radical (unpaired) electrons. The number of carbonyl (C=O) groups excluding carboxylic acids is 1. The van der Waals surface area contributed by atoms with Crippen LogP contribution in [0.2, 0.25) is 0 Å². The molecule has 1 amide bonds. The van der Waals surface area contributed by atoms with Crippen molar-refractivity contribution in [2.75, 3.05) is 26.7 Å². The number of likely N-dealkylation sites (tertiary alicyclic amines) is 1. The van der Waals surface area contributed by atoms with Crippen LogP contribution in [0.3, 0.4) is 0 Å². The minimum absolute atomic E-state index is 0.133. The lowest BCUT2D eigenvalue weighted by atomic mass is 10.1. The summed E-state index contributed by atoms with van der Waals surface area (Å²) in [6.07, 6.45) is 1.01. The van der Waals surface area contributed by atoms with Gasteiger partial charge in [0.05, 0.1) is 12.0 Å². The van der Waals surface area contributed by atoms with Gasteiger partial charge in [-0.3, -0.25) is 4.79 Å². The molecule has 1 fully saturated rings. The molecule has 1 atom stereocenters. The van der Waals surface area contributed by atoms with Crippen LogP contribution >= 0.6 is 11.3 Å². The summed E-state index contributed by atoms with van der Waals surface area (Å²) in [4.78, 5) is 16.6. The van der Waals surface area contributed by atoms with Crippen LogP contribution in [0.25, 0.3) is 11.1 Å². The second-order valence-corrected chi connectivity index (χ2v) is 7.21. The summed E-state index contributed by atoms with van der Waals surface area (Å²) < 4.78 is 5.20. The Morgan fingerprint density at radius 2 is 2.13 bits per heavy atom. The zero-order chi connectivity index (χ0) is 16.4. The minimum Gasteiger partial charge on any atom is -0.497 e. The lowest BCUT2D eigenvalue weighted by Crippen LogP contribution is -2.29. The van der Waals surface area contributed by atoms with Gasteiger partial charge in [-0.25, -0.2) is 0 Å². The highest BCUT2D eigenvalue weighted by Gasteiger charge is 2.27. The van der Waals surface area contributed by atoms with Crippen molar-refractivity contribution in [3.05, 3.63) is 40.1 Å². The van der Waals surface area contributed by atoms with E-state index in [4.69, 9.17) is 10.5 Å². The topological polar surface area (TPSA) is 55.6 Å². The molecule has 3 rings (SSSR count). The van der Waals surface area contributed by atoms with Gasteiger partial charge in [0.15, 0.2) is 0 Å². The van der Waals surface area contributed by atoms with E-state index in [2.05, 4.69) is 6.92 Å². The van der Waals surface area contributed by atoms with Gasteiger partial charge in [0.25, 0.3) is 5.91 Å². The van der Waals surface area contributed by atoms with Gasteiger partial charge in [-0.15, -0.1) is 11.3 Å². The van der Waals surface area contributed by atoms with E-state index in [1.807, 2.05) is 35.2 Å². The van der Waals surface area contributed by atoms with E-state index in [-0.39, 0.29) is 5.91 Å². The van der Waals surface area contributed by atoms with Crippen molar-refractivity contribution in [3.8, 4) is 16.9 Å². The molecule has 2 heterocycles. The highest BCUT2D eigenvalue weighted by molar-refractivity contribution is 7.14. The number of hydrogen-bond donors (Lipinski definition) is 1. The summed E-state index contributed by atoms with van der Waals surface area (Å²) in [7, 11) is 1.66. The number of benzene rings is 1. The smallest absolute Gasteiger partial charge is 0.263 e. The van der Waals surface area contributed by atoms with E-state index in [1.165, 1.54) is 0 Å². The fourth-order valence-corrected chi connectivity index (χ4v) is 4.02. The monoisotopic (exact) mass is 330 g/mol. The van der Waals surface area contributed by atoms with Crippen LogP contribution in [-0.4, -0.2) is 37.6 Å². The van der Waals surface area contributed by atoms with E-state index in [0.717, 1.165) is 46.1 Å². The summed E-state index contributed by atoms with van der Waals surface area (Å²) in [5.41, 5.74) is 7.95. The fourth-order valence-electron chi connectivity index (χ4n) is 3.01. The maximum absolute atomic E-state index is 12.7. The van der Waals surface area contributed by atoms with Gasteiger partial charge in [0.2, 0.25) is 0 Å². The van der Waals surface area contributed by atoms with Crippen LogP contribution in [0.1, 0.15) is 21.0 Å². The molecule has 1 aromatic carbocycles. The lowest BCUT2D eigenvalue weighted by molar-refractivity contribution is 0.0792. The predicted molar refractivity (Wildman–Crippen MR) is 94.1 cm³/mol. The Morgan fingerprint density at radius 3 is 2.74 bits per heavy atom. The summed E-state index contributed by atoms with van der Waals surface area (Å²) in [5.74, 6) is 1.41. The number of rotatable bonds is 4. The second-order valence-electron chi connectivity index (χ2n) is 5.95. The molecule has 23 heavy (non-hydrogen) atoms. The molecule has 1 saturated heterocycles. The molecular weight excluding hydrogens is 308 g/mol. The zero-order valence-electron chi connectivity index (χ0n) is 13.5. The van der Waals surface area contributed by atoms with Crippen molar-refractivity contribution in [3.63, 3.8) is 0 Å². The Bertz CT molecular complexity index is 694. The average molecular weight is 330 g/mol. The third-order valence-corrected chi connectivity index (χ3v) is 5.47. The largest absolute Gasteiger partial charge is 0.497 e. The quantitative estimate of drug-likeness (QED) is 0.937. The maximum Gasteiger partial charge on any atom is 0.263 e. The van der Waals surface area contributed by atoms with Gasteiger partial charge < -0.3 is 15.4 Å². The summed E-state index contributed by atoms with van der Waals surface area (Å²) in [6, 6.07) is 9.96. The van der Waals surface area contributed by atoms with Crippen molar-refractivity contribution in [2.45, 2.75) is 13.3 Å². The highest BCUT2D eigenvalue weighted by atomic mass is 32.1. The van der Waals surface area contributed by atoms with Gasteiger partial charge in [-0.1, -0.05) is 12.1 Å². The van der Waals surface area contributed by atoms with Gasteiger partial charge in [-0.05, 0) is 55.1 Å². The second kappa shape index (κ2) is 6.72. The number of methoxy groups -OCH3 is 1. The third kappa shape index (κ3) is 3.26. The van der Waals surface area contributed by atoms with Crippen molar-refractivity contribution in [2.24, 2.45) is 11.7 Å². The molecule has 0 aliphatic carbocycles. The molecule has 0 saturated carbocycles. The maximum atomic E-state index is 12.7. The Morgan fingerprint density at radius 1 is 1.39 bits per heavy atom.